The Morgan fingerprint density at radius 2 is 1.54 bits per heavy atom. The molecule has 2 aromatic carbocycles. The molecule has 0 atom stereocenters. The molecule has 0 saturated carbocycles. The summed E-state index contributed by atoms with van der Waals surface area (Å²) in [6, 6.07) is 8.33. The number of benzene rings is 2. The lowest BCUT2D eigenvalue weighted by Crippen LogP contribution is -2.15. The Morgan fingerprint density at radius 1 is 0.917 bits per heavy atom. The van der Waals surface area contributed by atoms with Crippen molar-refractivity contribution in [3.8, 4) is 5.75 Å². The maximum Gasteiger partial charge on any atom is 0.420 e. The average Bonchev–Trinajstić information content (AvgIpc) is 2.51. The highest BCUT2D eigenvalue weighted by atomic mass is 19.4. The van der Waals surface area contributed by atoms with Crippen molar-refractivity contribution in [2.75, 3.05) is 0 Å². The van der Waals surface area contributed by atoms with Gasteiger partial charge in [0.2, 0.25) is 0 Å². The van der Waals surface area contributed by atoms with Gasteiger partial charge in [-0.15, -0.1) is 0 Å². The molecule has 0 heterocycles. The van der Waals surface area contributed by atoms with Crippen LogP contribution in [0.5, 0.6) is 5.75 Å². The molecule has 0 aliphatic rings. The summed E-state index contributed by atoms with van der Waals surface area (Å²) in [5.41, 5.74) is -3.52. The second-order valence-corrected chi connectivity index (χ2v) is 4.83. The number of hydrogen-bond donors (Lipinski definition) is 0. The third-order valence-electron chi connectivity index (χ3n) is 3.10. The summed E-state index contributed by atoms with van der Waals surface area (Å²) >= 11 is 0. The second-order valence-electron chi connectivity index (χ2n) is 4.83. The van der Waals surface area contributed by atoms with Gasteiger partial charge in [-0.2, -0.15) is 26.3 Å². The summed E-state index contributed by atoms with van der Waals surface area (Å²) < 4.78 is 82.5. The highest BCUT2D eigenvalue weighted by molar-refractivity contribution is 5.81. The van der Waals surface area contributed by atoms with Gasteiger partial charge in [0.25, 0.3) is 0 Å². The van der Waals surface area contributed by atoms with Crippen LogP contribution in [0.2, 0.25) is 0 Å². The van der Waals surface area contributed by atoms with E-state index in [1.54, 1.807) is 30.3 Å². The number of halogens is 6. The maximum absolute atomic E-state index is 13.1. The molecule has 0 spiro atoms. The van der Waals surface area contributed by atoms with Gasteiger partial charge in [0.15, 0.2) is 6.29 Å². The Hall–Kier alpha value is -2.51. The van der Waals surface area contributed by atoms with Gasteiger partial charge in [-0.05, 0) is 17.7 Å². The first kappa shape index (κ1) is 17.8. The molecular formula is C16H10F6O2. The zero-order valence-corrected chi connectivity index (χ0v) is 11.9. The summed E-state index contributed by atoms with van der Waals surface area (Å²) in [5.74, 6) is -0.922. The predicted octanol–water partition coefficient (Wildman–Crippen LogP) is 5.12. The Bertz CT molecular complexity index is 720. The van der Waals surface area contributed by atoms with Gasteiger partial charge in [-0.25, -0.2) is 0 Å². The lowest BCUT2D eigenvalue weighted by Gasteiger charge is -2.18. The fraction of sp³-hybridized carbons (Fsp3) is 0.188. The van der Waals surface area contributed by atoms with Gasteiger partial charge < -0.3 is 4.74 Å². The summed E-state index contributed by atoms with van der Waals surface area (Å²) in [5, 5.41) is 0. The van der Waals surface area contributed by atoms with Gasteiger partial charge in [-0.3, -0.25) is 4.79 Å². The molecule has 0 saturated heterocycles. The van der Waals surface area contributed by atoms with Crippen molar-refractivity contribution in [1.82, 2.24) is 0 Å². The van der Waals surface area contributed by atoms with Gasteiger partial charge in [-0.1, -0.05) is 30.3 Å². The van der Waals surface area contributed by atoms with Crippen molar-refractivity contribution in [2.45, 2.75) is 19.0 Å². The number of rotatable bonds is 4. The number of carbonyl (C=O) groups excluding carboxylic acids is 1. The number of aldehydes is 1. The van der Waals surface area contributed by atoms with E-state index < -0.39 is 34.8 Å². The number of alkyl halides is 6. The minimum absolute atomic E-state index is 0.0622. The molecule has 0 aliphatic heterocycles. The smallest absolute Gasteiger partial charge is 0.420 e. The van der Waals surface area contributed by atoms with Crippen LogP contribution in [0.25, 0.3) is 0 Å². The van der Waals surface area contributed by atoms with Crippen LogP contribution >= 0.6 is 0 Å². The van der Waals surface area contributed by atoms with E-state index in [1.165, 1.54) is 0 Å². The molecule has 2 aromatic rings. The molecule has 0 fully saturated rings. The largest absolute Gasteiger partial charge is 0.488 e. The standard InChI is InChI=1S/C16H10F6O2/c17-15(18,19)12-6-11(8-23)14(13(7-12)16(20,21)22)24-9-10-4-2-1-3-5-10/h1-8H,9H2. The van der Waals surface area contributed by atoms with Crippen molar-refractivity contribution in [3.63, 3.8) is 0 Å². The van der Waals surface area contributed by atoms with Crippen LogP contribution in [-0.2, 0) is 19.0 Å². The number of ether oxygens (including phenoxy) is 1. The molecule has 0 aromatic heterocycles. The Balaban J connectivity index is 2.50. The second kappa shape index (κ2) is 6.54. The Kier molecular flexibility index (Phi) is 4.86. The monoisotopic (exact) mass is 348 g/mol. The van der Waals surface area contributed by atoms with Crippen LogP contribution in [0.1, 0.15) is 27.0 Å². The molecule has 0 N–H and O–H groups in total. The van der Waals surface area contributed by atoms with Crippen molar-refractivity contribution in [2.24, 2.45) is 0 Å². The van der Waals surface area contributed by atoms with Crippen LogP contribution in [0, 0.1) is 0 Å². The highest BCUT2D eigenvalue weighted by Gasteiger charge is 2.40. The minimum atomic E-state index is -5.11. The summed E-state index contributed by atoms with van der Waals surface area (Å²) in [6.45, 7) is -0.323. The van der Waals surface area contributed by atoms with Crippen molar-refractivity contribution < 1.29 is 35.9 Å². The maximum atomic E-state index is 13.1. The molecule has 2 rings (SSSR count). The lowest BCUT2D eigenvalue weighted by molar-refractivity contribution is -0.144. The number of carbonyl (C=O) groups is 1. The molecule has 24 heavy (non-hydrogen) atoms. The fourth-order valence-electron chi connectivity index (χ4n) is 2.00. The molecule has 0 amide bonds. The lowest BCUT2D eigenvalue weighted by atomic mass is 10.0. The van der Waals surface area contributed by atoms with Crippen molar-refractivity contribution in [3.05, 3.63) is 64.7 Å². The van der Waals surface area contributed by atoms with Gasteiger partial charge in [0.1, 0.15) is 12.4 Å². The quantitative estimate of drug-likeness (QED) is 0.567. The van der Waals surface area contributed by atoms with Crippen LogP contribution in [0.3, 0.4) is 0 Å². The van der Waals surface area contributed by atoms with E-state index in [2.05, 4.69) is 0 Å². The minimum Gasteiger partial charge on any atom is -0.488 e. The van der Waals surface area contributed by atoms with Gasteiger partial charge in [0, 0.05) is 0 Å². The summed E-state index contributed by atoms with van der Waals surface area (Å²) in [6.07, 6.45) is -10.2. The molecule has 2 nitrogen and oxygen atoms in total. The van der Waals surface area contributed by atoms with Crippen LogP contribution in [-0.4, -0.2) is 6.29 Å². The summed E-state index contributed by atoms with van der Waals surface area (Å²) in [4.78, 5) is 11.0. The average molecular weight is 348 g/mol. The molecule has 0 aliphatic carbocycles. The first-order chi connectivity index (χ1) is 11.1. The van der Waals surface area contributed by atoms with E-state index >= 15 is 0 Å². The normalized spacial score (nSPS) is 12.1. The number of hydrogen-bond acceptors (Lipinski definition) is 2. The first-order valence-electron chi connectivity index (χ1n) is 6.57. The molecule has 0 unspecified atom stereocenters. The van der Waals surface area contributed by atoms with E-state index in [4.69, 9.17) is 4.74 Å². The molecule has 128 valence electrons. The SMILES string of the molecule is O=Cc1cc(C(F)(F)F)cc(C(F)(F)F)c1OCc1ccccc1. The zero-order valence-electron chi connectivity index (χ0n) is 11.9. The highest BCUT2D eigenvalue weighted by Crippen LogP contribution is 2.42. The fourth-order valence-corrected chi connectivity index (χ4v) is 2.00. The first-order valence-corrected chi connectivity index (χ1v) is 6.57. The third-order valence-corrected chi connectivity index (χ3v) is 3.10. The van der Waals surface area contributed by atoms with Crippen molar-refractivity contribution >= 4 is 6.29 Å². The third kappa shape index (κ3) is 4.06. The van der Waals surface area contributed by atoms with E-state index in [9.17, 15) is 31.1 Å². The molecule has 0 radical (unpaired) electrons. The molecular weight excluding hydrogens is 338 g/mol. The van der Waals surface area contributed by atoms with Crippen LogP contribution < -0.4 is 4.74 Å². The van der Waals surface area contributed by atoms with Crippen molar-refractivity contribution in [1.29, 1.82) is 0 Å². The van der Waals surface area contributed by atoms with Crippen LogP contribution in [0.4, 0.5) is 26.3 Å². The van der Waals surface area contributed by atoms with E-state index in [1.807, 2.05) is 0 Å². The van der Waals surface area contributed by atoms with Crippen LogP contribution in [0.15, 0.2) is 42.5 Å². The van der Waals surface area contributed by atoms with E-state index in [-0.39, 0.29) is 19.0 Å². The van der Waals surface area contributed by atoms with Gasteiger partial charge in [0.05, 0.1) is 16.7 Å². The van der Waals surface area contributed by atoms with E-state index in [0.717, 1.165) is 0 Å². The Labute approximate surface area is 132 Å². The predicted molar refractivity (Wildman–Crippen MR) is 72.6 cm³/mol. The van der Waals surface area contributed by atoms with Gasteiger partial charge >= 0.3 is 12.4 Å². The molecule has 8 heteroatoms. The zero-order chi connectivity index (χ0) is 18.0. The molecule has 0 bridgehead atoms. The Morgan fingerprint density at radius 3 is 2.04 bits per heavy atom. The topological polar surface area (TPSA) is 26.3 Å². The van der Waals surface area contributed by atoms with E-state index in [0.29, 0.717) is 11.6 Å². The summed E-state index contributed by atoms with van der Waals surface area (Å²) in [7, 11) is 0.